The molecule has 1 aliphatic rings. The standard InChI is InChI=1S/C20H16FNO3/c1-23-15-4-2-13(3-5-15)11-24-18-7-6-17-16-8-9-22-10-14(16)12-25-20(17)19(18)21/h2-10H,11-12H2,1H3. The lowest BCUT2D eigenvalue weighted by Gasteiger charge is -2.21. The van der Waals surface area contributed by atoms with E-state index >= 15 is 0 Å². The normalized spacial score (nSPS) is 11.9. The molecule has 0 atom stereocenters. The summed E-state index contributed by atoms with van der Waals surface area (Å²) in [5, 5.41) is 0. The Morgan fingerprint density at radius 3 is 2.72 bits per heavy atom. The Labute approximate surface area is 144 Å². The van der Waals surface area contributed by atoms with Gasteiger partial charge in [0.1, 0.15) is 19.0 Å². The summed E-state index contributed by atoms with van der Waals surface area (Å²) in [7, 11) is 1.61. The summed E-state index contributed by atoms with van der Waals surface area (Å²) in [5.41, 5.74) is 3.53. The summed E-state index contributed by atoms with van der Waals surface area (Å²) in [4.78, 5) is 4.08. The SMILES string of the molecule is COc1ccc(COc2ccc3c(c2F)OCc2cnccc2-3)cc1. The van der Waals surface area contributed by atoms with Crippen LogP contribution in [0.5, 0.6) is 17.2 Å². The molecule has 5 heteroatoms. The van der Waals surface area contributed by atoms with Crippen molar-refractivity contribution in [2.24, 2.45) is 0 Å². The molecule has 0 fully saturated rings. The van der Waals surface area contributed by atoms with Gasteiger partial charge in [0.2, 0.25) is 5.82 Å². The smallest absolute Gasteiger partial charge is 0.207 e. The second kappa shape index (κ2) is 6.43. The predicted octanol–water partition coefficient (Wildman–Crippen LogP) is 4.37. The molecule has 0 saturated carbocycles. The molecule has 2 aromatic carbocycles. The third-order valence-electron chi connectivity index (χ3n) is 4.18. The highest BCUT2D eigenvalue weighted by molar-refractivity contribution is 5.75. The average molecular weight is 337 g/mol. The second-order valence-corrected chi connectivity index (χ2v) is 5.71. The number of halogens is 1. The van der Waals surface area contributed by atoms with Crippen molar-refractivity contribution in [3.05, 3.63) is 71.8 Å². The predicted molar refractivity (Wildman–Crippen MR) is 91.3 cm³/mol. The van der Waals surface area contributed by atoms with E-state index in [2.05, 4.69) is 4.98 Å². The van der Waals surface area contributed by atoms with E-state index in [9.17, 15) is 4.39 Å². The van der Waals surface area contributed by atoms with Crippen molar-refractivity contribution in [1.82, 2.24) is 4.98 Å². The number of pyridine rings is 1. The van der Waals surface area contributed by atoms with Gasteiger partial charge in [-0.25, -0.2) is 0 Å². The van der Waals surface area contributed by atoms with E-state index in [0.29, 0.717) is 6.61 Å². The van der Waals surface area contributed by atoms with Crippen LogP contribution in [0.2, 0.25) is 0 Å². The molecule has 126 valence electrons. The summed E-state index contributed by atoms with van der Waals surface area (Å²) in [6.07, 6.45) is 3.43. The Morgan fingerprint density at radius 2 is 1.92 bits per heavy atom. The molecule has 3 aromatic rings. The minimum absolute atomic E-state index is 0.173. The van der Waals surface area contributed by atoms with Crippen molar-refractivity contribution >= 4 is 0 Å². The third kappa shape index (κ3) is 2.89. The zero-order valence-electron chi connectivity index (χ0n) is 13.7. The summed E-state index contributed by atoms with van der Waals surface area (Å²) < 4.78 is 31.1. The average Bonchev–Trinajstić information content (AvgIpc) is 2.67. The van der Waals surface area contributed by atoms with Gasteiger partial charge in [0, 0.05) is 23.5 Å². The van der Waals surface area contributed by atoms with Crippen molar-refractivity contribution in [2.45, 2.75) is 13.2 Å². The number of ether oxygens (including phenoxy) is 3. The molecule has 0 aliphatic carbocycles. The van der Waals surface area contributed by atoms with E-state index in [0.717, 1.165) is 28.0 Å². The fraction of sp³-hybridized carbons (Fsp3) is 0.150. The van der Waals surface area contributed by atoms with Crippen molar-refractivity contribution in [3.63, 3.8) is 0 Å². The lowest BCUT2D eigenvalue weighted by atomic mass is 9.98. The zero-order chi connectivity index (χ0) is 17.2. The second-order valence-electron chi connectivity index (χ2n) is 5.71. The maximum Gasteiger partial charge on any atom is 0.207 e. The number of nitrogens with zero attached hydrogens (tertiary/aromatic N) is 1. The van der Waals surface area contributed by atoms with Gasteiger partial charge < -0.3 is 14.2 Å². The summed E-state index contributed by atoms with van der Waals surface area (Å²) >= 11 is 0. The van der Waals surface area contributed by atoms with Gasteiger partial charge in [-0.3, -0.25) is 4.98 Å². The van der Waals surface area contributed by atoms with Crippen molar-refractivity contribution in [1.29, 1.82) is 0 Å². The molecule has 4 nitrogen and oxygen atoms in total. The highest BCUT2D eigenvalue weighted by Gasteiger charge is 2.23. The number of hydrogen-bond donors (Lipinski definition) is 0. The van der Waals surface area contributed by atoms with Gasteiger partial charge in [0.25, 0.3) is 0 Å². The summed E-state index contributed by atoms with van der Waals surface area (Å²) in [5.74, 6) is 0.691. The minimum Gasteiger partial charge on any atom is -0.497 e. The van der Waals surface area contributed by atoms with Crippen molar-refractivity contribution in [3.8, 4) is 28.4 Å². The maximum absolute atomic E-state index is 14.8. The summed E-state index contributed by atoms with van der Waals surface area (Å²) in [6.45, 7) is 0.565. The zero-order valence-corrected chi connectivity index (χ0v) is 13.7. The topological polar surface area (TPSA) is 40.6 Å². The monoisotopic (exact) mass is 337 g/mol. The van der Waals surface area contributed by atoms with E-state index < -0.39 is 5.82 Å². The number of benzene rings is 2. The molecular weight excluding hydrogens is 321 g/mol. The third-order valence-corrected chi connectivity index (χ3v) is 4.18. The largest absolute Gasteiger partial charge is 0.497 e. The van der Waals surface area contributed by atoms with E-state index in [4.69, 9.17) is 14.2 Å². The first-order valence-electron chi connectivity index (χ1n) is 7.90. The molecule has 0 saturated heterocycles. The van der Waals surface area contributed by atoms with Crippen LogP contribution >= 0.6 is 0 Å². The number of methoxy groups -OCH3 is 1. The fourth-order valence-electron chi connectivity index (χ4n) is 2.84. The maximum atomic E-state index is 14.8. The van der Waals surface area contributed by atoms with Crippen molar-refractivity contribution < 1.29 is 18.6 Å². The number of fused-ring (bicyclic) bond motifs is 3. The van der Waals surface area contributed by atoms with Crippen LogP contribution in [0.1, 0.15) is 11.1 Å². The fourth-order valence-corrected chi connectivity index (χ4v) is 2.84. The minimum atomic E-state index is -0.478. The molecule has 0 N–H and O–H groups in total. The Balaban J connectivity index is 1.58. The van der Waals surface area contributed by atoms with E-state index in [-0.39, 0.29) is 18.1 Å². The lowest BCUT2D eigenvalue weighted by molar-refractivity contribution is 0.261. The Kier molecular flexibility index (Phi) is 3.98. The van der Waals surface area contributed by atoms with Gasteiger partial charge in [-0.2, -0.15) is 4.39 Å². The molecule has 0 radical (unpaired) electrons. The number of hydrogen-bond acceptors (Lipinski definition) is 4. The van der Waals surface area contributed by atoms with Gasteiger partial charge in [-0.15, -0.1) is 0 Å². The van der Waals surface area contributed by atoms with E-state index in [1.165, 1.54) is 0 Å². The first kappa shape index (κ1) is 15.4. The molecule has 0 spiro atoms. The highest BCUT2D eigenvalue weighted by Crippen LogP contribution is 2.42. The molecule has 0 amide bonds. The van der Waals surface area contributed by atoms with Gasteiger partial charge in [0.15, 0.2) is 11.5 Å². The first-order chi connectivity index (χ1) is 12.3. The molecule has 4 rings (SSSR count). The molecule has 0 unspecified atom stereocenters. The van der Waals surface area contributed by atoms with E-state index in [1.54, 1.807) is 25.6 Å². The van der Waals surface area contributed by atoms with Crippen LogP contribution in [-0.2, 0) is 13.2 Å². The van der Waals surface area contributed by atoms with Crippen LogP contribution in [0.15, 0.2) is 54.9 Å². The van der Waals surface area contributed by atoms with Crippen LogP contribution in [0, 0.1) is 5.82 Å². The first-order valence-corrected chi connectivity index (χ1v) is 7.90. The number of aromatic nitrogens is 1. The van der Waals surface area contributed by atoms with Gasteiger partial charge in [0.05, 0.1) is 7.11 Å². The Bertz CT molecular complexity index is 909. The van der Waals surface area contributed by atoms with Crippen LogP contribution in [0.25, 0.3) is 11.1 Å². The van der Waals surface area contributed by atoms with Gasteiger partial charge in [-0.1, -0.05) is 12.1 Å². The van der Waals surface area contributed by atoms with Gasteiger partial charge in [-0.05, 0) is 41.5 Å². The molecule has 1 aliphatic heterocycles. The molecular formula is C20H16FNO3. The van der Waals surface area contributed by atoms with Crippen molar-refractivity contribution in [2.75, 3.05) is 7.11 Å². The molecule has 1 aromatic heterocycles. The number of rotatable bonds is 4. The summed E-state index contributed by atoms with van der Waals surface area (Å²) in [6, 6.07) is 12.8. The Hall–Kier alpha value is -3.08. The van der Waals surface area contributed by atoms with E-state index in [1.807, 2.05) is 36.4 Å². The van der Waals surface area contributed by atoms with Crippen LogP contribution < -0.4 is 14.2 Å². The quantitative estimate of drug-likeness (QED) is 0.709. The van der Waals surface area contributed by atoms with Crippen LogP contribution in [0.4, 0.5) is 4.39 Å². The molecule has 2 heterocycles. The van der Waals surface area contributed by atoms with Crippen LogP contribution in [-0.4, -0.2) is 12.1 Å². The van der Waals surface area contributed by atoms with Gasteiger partial charge >= 0.3 is 0 Å². The lowest BCUT2D eigenvalue weighted by Crippen LogP contribution is -2.08. The Morgan fingerprint density at radius 1 is 1.08 bits per heavy atom. The van der Waals surface area contributed by atoms with Crippen LogP contribution in [0.3, 0.4) is 0 Å². The highest BCUT2D eigenvalue weighted by atomic mass is 19.1. The molecule has 0 bridgehead atoms. The molecule has 25 heavy (non-hydrogen) atoms.